The molecule has 4 N–H and O–H groups in total. The molecule has 2 aromatic heterocycles. The van der Waals surface area contributed by atoms with E-state index in [1.165, 1.54) is 0 Å². The van der Waals surface area contributed by atoms with Crippen molar-refractivity contribution in [1.29, 1.82) is 0 Å². The highest BCUT2D eigenvalue weighted by Gasteiger charge is 2.62. The number of ether oxygens (including phenoxy) is 1. The third-order valence-electron chi connectivity index (χ3n) is 7.19. The number of methoxy groups -OCH3 is 1. The van der Waals surface area contributed by atoms with E-state index in [9.17, 15) is 9.90 Å². The number of fused-ring (bicyclic) bond motifs is 2. The van der Waals surface area contributed by atoms with Crippen LogP contribution in [0, 0.1) is 11.8 Å². The maximum atomic E-state index is 13.1. The molecule has 2 unspecified atom stereocenters. The quantitative estimate of drug-likeness (QED) is 0.356. The van der Waals surface area contributed by atoms with Gasteiger partial charge in [0.15, 0.2) is 0 Å². The molecule has 1 amide bonds. The fourth-order valence-corrected chi connectivity index (χ4v) is 5.79. The number of hydrogen-bond donors (Lipinski definition) is 4. The van der Waals surface area contributed by atoms with Crippen LogP contribution in [0.25, 0.3) is 22.0 Å². The van der Waals surface area contributed by atoms with Crippen molar-refractivity contribution in [2.24, 2.45) is 11.8 Å². The molecule has 2 saturated carbocycles. The molecule has 168 valence electrons. The normalized spacial score (nSPS) is 25.7. The Kier molecular flexibility index (Phi) is 4.54. The summed E-state index contributed by atoms with van der Waals surface area (Å²) in [6, 6.07) is 11.3. The van der Waals surface area contributed by atoms with Gasteiger partial charge in [-0.25, -0.2) is 0 Å². The molecule has 2 heterocycles. The highest BCUT2D eigenvalue weighted by molar-refractivity contribution is 6.31. The first-order valence-corrected chi connectivity index (χ1v) is 11.3. The van der Waals surface area contributed by atoms with Crippen molar-refractivity contribution < 1.29 is 14.6 Å². The van der Waals surface area contributed by atoms with Crippen LogP contribution >= 0.6 is 11.6 Å². The molecule has 0 radical (unpaired) electrons. The zero-order chi connectivity index (χ0) is 22.7. The molecule has 0 saturated heterocycles. The van der Waals surface area contributed by atoms with Crippen LogP contribution in [-0.2, 0) is 5.60 Å². The molecule has 2 aliphatic carbocycles. The van der Waals surface area contributed by atoms with E-state index in [0.717, 1.165) is 27.6 Å². The molecular formula is C25H23ClN4O3. The molecule has 2 fully saturated rings. The van der Waals surface area contributed by atoms with Gasteiger partial charge in [0.25, 0.3) is 5.91 Å². The van der Waals surface area contributed by atoms with E-state index < -0.39 is 5.60 Å². The summed E-state index contributed by atoms with van der Waals surface area (Å²) in [5.74, 6) is 1.05. The average Bonchev–Trinajstić information content (AvgIpc) is 3.31. The van der Waals surface area contributed by atoms with Gasteiger partial charge in [-0.3, -0.25) is 9.89 Å². The molecule has 33 heavy (non-hydrogen) atoms. The fourth-order valence-electron chi connectivity index (χ4n) is 5.57. The number of aliphatic hydroxyl groups is 1. The molecule has 2 aliphatic rings. The van der Waals surface area contributed by atoms with Crippen LogP contribution in [-0.4, -0.2) is 39.3 Å². The number of aromatic amines is 2. The van der Waals surface area contributed by atoms with Gasteiger partial charge in [-0.15, -0.1) is 0 Å². The summed E-state index contributed by atoms with van der Waals surface area (Å²) in [6.45, 7) is 0. The van der Waals surface area contributed by atoms with Gasteiger partial charge in [0, 0.05) is 40.0 Å². The van der Waals surface area contributed by atoms with Crippen LogP contribution in [0.5, 0.6) is 5.75 Å². The Hall–Kier alpha value is -3.29. The summed E-state index contributed by atoms with van der Waals surface area (Å²) < 4.78 is 5.47. The number of carbonyl (C=O) groups excluding carboxylic acids is 1. The third-order valence-corrected chi connectivity index (χ3v) is 7.41. The monoisotopic (exact) mass is 462 g/mol. The number of para-hydroxylation sites is 1. The van der Waals surface area contributed by atoms with Crippen molar-refractivity contribution in [3.63, 3.8) is 0 Å². The molecule has 0 spiro atoms. The minimum atomic E-state index is -0.972. The Morgan fingerprint density at radius 1 is 1.21 bits per heavy atom. The van der Waals surface area contributed by atoms with Crippen molar-refractivity contribution in [2.45, 2.75) is 24.5 Å². The van der Waals surface area contributed by atoms with Crippen molar-refractivity contribution in [3.05, 3.63) is 71.1 Å². The number of hydrogen-bond acceptors (Lipinski definition) is 4. The molecule has 2 aromatic carbocycles. The zero-order valence-corrected chi connectivity index (χ0v) is 18.7. The minimum Gasteiger partial charge on any atom is -0.496 e. The number of rotatable bonds is 5. The van der Waals surface area contributed by atoms with Gasteiger partial charge >= 0.3 is 0 Å². The zero-order valence-electron chi connectivity index (χ0n) is 17.9. The lowest BCUT2D eigenvalue weighted by atomic mass is 9.86. The number of halogens is 1. The Balaban J connectivity index is 1.19. The first-order chi connectivity index (χ1) is 16.0. The molecular weight excluding hydrogens is 440 g/mol. The van der Waals surface area contributed by atoms with Crippen molar-refractivity contribution in [3.8, 4) is 16.9 Å². The van der Waals surface area contributed by atoms with Crippen molar-refractivity contribution in [2.75, 3.05) is 7.11 Å². The van der Waals surface area contributed by atoms with Crippen LogP contribution in [0.1, 0.15) is 28.8 Å². The second-order valence-corrected chi connectivity index (χ2v) is 9.47. The number of benzene rings is 2. The summed E-state index contributed by atoms with van der Waals surface area (Å²) in [7, 11) is 1.62. The number of carbonyl (C=O) groups is 1. The number of nitrogens with one attached hydrogen (secondary N) is 3. The van der Waals surface area contributed by atoms with E-state index in [0.29, 0.717) is 29.2 Å². The molecule has 6 rings (SSSR count). The van der Waals surface area contributed by atoms with Crippen LogP contribution in [0.4, 0.5) is 0 Å². The number of H-pyrrole nitrogens is 2. The average molecular weight is 463 g/mol. The number of nitrogens with zero attached hydrogens (tertiary/aromatic N) is 1. The van der Waals surface area contributed by atoms with Gasteiger partial charge in [-0.05, 0) is 48.4 Å². The van der Waals surface area contributed by atoms with Gasteiger partial charge in [0.1, 0.15) is 5.75 Å². The molecule has 8 heteroatoms. The molecule has 4 aromatic rings. The first-order valence-electron chi connectivity index (χ1n) is 10.9. The van der Waals surface area contributed by atoms with Crippen LogP contribution in [0.2, 0.25) is 5.02 Å². The van der Waals surface area contributed by atoms with E-state index in [4.69, 9.17) is 16.3 Å². The lowest BCUT2D eigenvalue weighted by Gasteiger charge is -2.27. The molecule has 7 nitrogen and oxygen atoms in total. The summed E-state index contributed by atoms with van der Waals surface area (Å²) in [6.07, 6.45) is 6.42. The maximum absolute atomic E-state index is 13.1. The van der Waals surface area contributed by atoms with E-state index in [1.807, 2.05) is 42.6 Å². The van der Waals surface area contributed by atoms with E-state index in [2.05, 4.69) is 20.5 Å². The Morgan fingerprint density at radius 2 is 2.00 bits per heavy atom. The lowest BCUT2D eigenvalue weighted by Crippen LogP contribution is -2.33. The summed E-state index contributed by atoms with van der Waals surface area (Å²) in [5.41, 5.74) is 2.89. The highest BCUT2D eigenvalue weighted by Crippen LogP contribution is 2.60. The summed E-state index contributed by atoms with van der Waals surface area (Å²) >= 11 is 6.28. The van der Waals surface area contributed by atoms with E-state index >= 15 is 0 Å². The van der Waals surface area contributed by atoms with Crippen LogP contribution in [0.15, 0.2) is 55.0 Å². The van der Waals surface area contributed by atoms with E-state index in [1.54, 1.807) is 19.5 Å². The maximum Gasteiger partial charge on any atom is 0.253 e. The Bertz CT molecular complexity index is 1370. The second-order valence-electron chi connectivity index (χ2n) is 9.03. The highest BCUT2D eigenvalue weighted by atomic mass is 35.5. The van der Waals surface area contributed by atoms with Crippen LogP contribution in [0.3, 0.4) is 0 Å². The summed E-state index contributed by atoms with van der Waals surface area (Å²) in [5, 5.41) is 23.1. The molecule has 4 atom stereocenters. The van der Waals surface area contributed by atoms with Gasteiger partial charge < -0.3 is 20.1 Å². The predicted octanol–water partition coefficient (Wildman–Crippen LogP) is 4.25. The standard InChI is InChI=1S/C25H23ClN4O3/c1-33-22-5-3-2-4-14(22)17-10-27-11-18(17)24(31)29-23-15-8-25(32,9-16(15)23)20-6-13(26)7-21-19(20)12-28-30-21/h2-7,10-12,15-16,23,27,32H,8-9H2,1H3,(H,28,30)(H,29,31)/t15-,16+,23?,25?. The SMILES string of the molecule is COc1ccccc1-c1c[nH]cc1C(=O)NC1[C@H]2CC(O)(c3cc(Cl)cc4[nH]ncc34)C[C@@H]12. The third kappa shape index (κ3) is 3.22. The Morgan fingerprint density at radius 3 is 2.79 bits per heavy atom. The van der Waals surface area contributed by atoms with Gasteiger partial charge in [0.2, 0.25) is 0 Å². The first kappa shape index (κ1) is 20.3. The fraction of sp³-hybridized carbons (Fsp3) is 0.280. The van der Waals surface area contributed by atoms with Gasteiger partial charge in [0.05, 0.1) is 30.0 Å². The lowest BCUT2D eigenvalue weighted by molar-refractivity contribution is 0.0293. The van der Waals surface area contributed by atoms with Crippen LogP contribution < -0.4 is 10.1 Å². The second kappa shape index (κ2) is 7.37. The summed E-state index contributed by atoms with van der Waals surface area (Å²) in [4.78, 5) is 16.2. The van der Waals surface area contributed by atoms with Gasteiger partial charge in [-0.2, -0.15) is 5.10 Å². The molecule has 0 aliphatic heterocycles. The number of amides is 1. The smallest absolute Gasteiger partial charge is 0.253 e. The predicted molar refractivity (Wildman–Crippen MR) is 125 cm³/mol. The number of aromatic nitrogens is 3. The van der Waals surface area contributed by atoms with Crippen molar-refractivity contribution in [1.82, 2.24) is 20.5 Å². The molecule has 0 bridgehead atoms. The van der Waals surface area contributed by atoms with Gasteiger partial charge in [-0.1, -0.05) is 29.8 Å². The Labute approximate surface area is 195 Å². The van der Waals surface area contributed by atoms with E-state index in [-0.39, 0.29) is 23.8 Å². The topological polar surface area (TPSA) is 103 Å². The van der Waals surface area contributed by atoms with Crippen molar-refractivity contribution >= 4 is 28.4 Å². The minimum absolute atomic E-state index is 0.0530. The largest absolute Gasteiger partial charge is 0.496 e.